The van der Waals surface area contributed by atoms with Gasteiger partial charge in [0.2, 0.25) is 0 Å². The van der Waals surface area contributed by atoms with Gasteiger partial charge in [-0.05, 0) is 30.1 Å². The van der Waals surface area contributed by atoms with Crippen molar-refractivity contribution in [3.8, 4) is 0 Å². The van der Waals surface area contributed by atoms with Crippen LogP contribution in [0.4, 0.5) is 0 Å². The van der Waals surface area contributed by atoms with Gasteiger partial charge in [0.1, 0.15) is 0 Å². The van der Waals surface area contributed by atoms with E-state index in [1.807, 2.05) is 0 Å². The molecule has 0 N–H and O–H groups in total. The lowest BCUT2D eigenvalue weighted by atomic mass is 9.77. The lowest BCUT2D eigenvalue weighted by Gasteiger charge is -2.29. The van der Waals surface area contributed by atoms with Crippen LogP contribution in [-0.2, 0) is 0 Å². The second-order valence-corrected chi connectivity index (χ2v) is 5.16. The van der Waals surface area contributed by atoms with Gasteiger partial charge in [-0.3, -0.25) is 0 Å². The van der Waals surface area contributed by atoms with Crippen LogP contribution in [-0.4, -0.2) is 0 Å². The summed E-state index contributed by atoms with van der Waals surface area (Å²) >= 11 is 0. The Labute approximate surface area is 91.5 Å². The van der Waals surface area contributed by atoms with Gasteiger partial charge in [0.15, 0.2) is 0 Å². The predicted octanol–water partition coefficient (Wildman–Crippen LogP) is 5.13. The number of hydrogen-bond donors (Lipinski definition) is 0. The second-order valence-electron chi connectivity index (χ2n) is 5.16. The maximum atomic E-state index is 2.45. The Bertz CT molecular complexity index is 128. The SMILES string of the molecule is CCC(C)CC(CC)C(C)C(C)CC. The molecule has 0 nitrogen and oxygen atoms in total. The monoisotopic (exact) mass is 198 g/mol. The molecule has 0 rings (SSSR count). The van der Waals surface area contributed by atoms with E-state index in [0.29, 0.717) is 0 Å². The minimum atomic E-state index is 0.893. The molecule has 0 aromatic rings. The highest BCUT2D eigenvalue weighted by Crippen LogP contribution is 2.31. The van der Waals surface area contributed by atoms with E-state index in [9.17, 15) is 0 Å². The molecule has 0 saturated heterocycles. The lowest BCUT2D eigenvalue weighted by molar-refractivity contribution is 0.211. The maximum absolute atomic E-state index is 2.45. The summed E-state index contributed by atoms with van der Waals surface area (Å²) in [5.41, 5.74) is 0. The molecule has 0 amide bonds. The van der Waals surface area contributed by atoms with E-state index in [4.69, 9.17) is 0 Å². The Morgan fingerprint density at radius 2 is 1.36 bits per heavy atom. The van der Waals surface area contributed by atoms with Crippen LogP contribution in [0, 0.1) is 23.7 Å². The van der Waals surface area contributed by atoms with E-state index in [0.717, 1.165) is 23.7 Å². The molecule has 0 radical (unpaired) electrons. The molecule has 14 heavy (non-hydrogen) atoms. The molecular weight excluding hydrogens is 168 g/mol. The van der Waals surface area contributed by atoms with Gasteiger partial charge in [-0.15, -0.1) is 0 Å². The molecule has 4 unspecified atom stereocenters. The first kappa shape index (κ1) is 14.0. The van der Waals surface area contributed by atoms with Gasteiger partial charge < -0.3 is 0 Å². The summed E-state index contributed by atoms with van der Waals surface area (Å²) in [6.07, 6.45) is 5.45. The Kier molecular flexibility index (Phi) is 7.31. The standard InChI is InChI=1S/C14H30/c1-7-11(4)10-14(9-3)13(6)12(5)8-2/h11-14H,7-10H2,1-6H3. The summed E-state index contributed by atoms with van der Waals surface area (Å²) in [7, 11) is 0. The highest BCUT2D eigenvalue weighted by Gasteiger charge is 2.21. The largest absolute Gasteiger partial charge is 0.0651 e. The Balaban J connectivity index is 4.11. The number of hydrogen-bond acceptors (Lipinski definition) is 0. The predicted molar refractivity (Wildman–Crippen MR) is 66.5 cm³/mol. The van der Waals surface area contributed by atoms with Crippen molar-refractivity contribution in [1.29, 1.82) is 0 Å². The van der Waals surface area contributed by atoms with Crippen LogP contribution < -0.4 is 0 Å². The van der Waals surface area contributed by atoms with Crippen LogP contribution in [0.5, 0.6) is 0 Å². The zero-order chi connectivity index (χ0) is 11.1. The van der Waals surface area contributed by atoms with Crippen LogP contribution in [0.1, 0.15) is 67.2 Å². The molecule has 0 fully saturated rings. The molecule has 4 atom stereocenters. The molecule has 0 aliphatic carbocycles. The van der Waals surface area contributed by atoms with E-state index in [1.54, 1.807) is 0 Å². The molecule has 86 valence electrons. The van der Waals surface area contributed by atoms with Crippen molar-refractivity contribution < 1.29 is 0 Å². The third-order valence-corrected chi connectivity index (χ3v) is 4.21. The fraction of sp³-hybridized carbons (Fsp3) is 1.00. The van der Waals surface area contributed by atoms with Crippen LogP contribution >= 0.6 is 0 Å². The number of rotatable bonds is 7. The van der Waals surface area contributed by atoms with E-state index < -0.39 is 0 Å². The smallest absolute Gasteiger partial charge is 0.0386 e. The molecule has 0 bridgehead atoms. The zero-order valence-corrected chi connectivity index (χ0v) is 11.1. The fourth-order valence-electron chi connectivity index (χ4n) is 2.27. The van der Waals surface area contributed by atoms with Crippen LogP contribution in [0.3, 0.4) is 0 Å². The van der Waals surface area contributed by atoms with Crippen molar-refractivity contribution in [3.63, 3.8) is 0 Å². The van der Waals surface area contributed by atoms with E-state index >= 15 is 0 Å². The summed E-state index contributed by atoms with van der Waals surface area (Å²) in [5, 5.41) is 0. The van der Waals surface area contributed by atoms with Gasteiger partial charge in [0.05, 0.1) is 0 Å². The van der Waals surface area contributed by atoms with Crippen LogP contribution in [0.25, 0.3) is 0 Å². The lowest BCUT2D eigenvalue weighted by Crippen LogP contribution is -2.20. The van der Waals surface area contributed by atoms with Gasteiger partial charge in [0, 0.05) is 0 Å². The third kappa shape index (κ3) is 4.48. The average molecular weight is 198 g/mol. The molecule has 0 spiro atoms. The highest BCUT2D eigenvalue weighted by molar-refractivity contribution is 4.71. The molecular formula is C14H30. The first-order chi connectivity index (χ1) is 6.56. The topological polar surface area (TPSA) is 0 Å². The maximum Gasteiger partial charge on any atom is -0.0386 e. The molecule has 0 heterocycles. The molecule has 0 aliphatic heterocycles. The van der Waals surface area contributed by atoms with Crippen molar-refractivity contribution >= 4 is 0 Å². The first-order valence-electron chi connectivity index (χ1n) is 6.56. The van der Waals surface area contributed by atoms with Gasteiger partial charge in [0.25, 0.3) is 0 Å². The molecule has 0 aliphatic rings. The summed E-state index contributed by atoms with van der Waals surface area (Å²) in [6, 6.07) is 0. The summed E-state index contributed by atoms with van der Waals surface area (Å²) in [6.45, 7) is 14.2. The summed E-state index contributed by atoms with van der Waals surface area (Å²) in [4.78, 5) is 0. The van der Waals surface area contributed by atoms with E-state index in [2.05, 4.69) is 41.5 Å². The van der Waals surface area contributed by atoms with E-state index in [1.165, 1.54) is 25.7 Å². The van der Waals surface area contributed by atoms with E-state index in [-0.39, 0.29) is 0 Å². The second kappa shape index (κ2) is 7.31. The fourth-order valence-corrected chi connectivity index (χ4v) is 2.27. The minimum Gasteiger partial charge on any atom is -0.0651 e. The average Bonchev–Trinajstić information content (AvgIpc) is 2.23. The molecule has 0 saturated carbocycles. The van der Waals surface area contributed by atoms with Gasteiger partial charge in [-0.1, -0.05) is 60.8 Å². The Morgan fingerprint density at radius 1 is 0.786 bits per heavy atom. The van der Waals surface area contributed by atoms with Crippen molar-refractivity contribution in [3.05, 3.63) is 0 Å². The highest BCUT2D eigenvalue weighted by atomic mass is 14.3. The third-order valence-electron chi connectivity index (χ3n) is 4.21. The van der Waals surface area contributed by atoms with Gasteiger partial charge in [-0.2, -0.15) is 0 Å². The summed E-state index contributed by atoms with van der Waals surface area (Å²) in [5.74, 6) is 3.65. The molecule has 0 aromatic heterocycles. The van der Waals surface area contributed by atoms with Crippen molar-refractivity contribution in [2.45, 2.75) is 67.2 Å². The van der Waals surface area contributed by atoms with Crippen molar-refractivity contribution in [2.75, 3.05) is 0 Å². The van der Waals surface area contributed by atoms with Gasteiger partial charge in [-0.25, -0.2) is 0 Å². The van der Waals surface area contributed by atoms with Crippen molar-refractivity contribution in [2.24, 2.45) is 23.7 Å². The Hall–Kier alpha value is 0. The van der Waals surface area contributed by atoms with Crippen LogP contribution in [0.2, 0.25) is 0 Å². The molecule has 0 heteroatoms. The Morgan fingerprint density at radius 3 is 1.71 bits per heavy atom. The van der Waals surface area contributed by atoms with Crippen LogP contribution in [0.15, 0.2) is 0 Å². The molecule has 0 aromatic carbocycles. The minimum absolute atomic E-state index is 0.893. The van der Waals surface area contributed by atoms with Crippen molar-refractivity contribution in [1.82, 2.24) is 0 Å². The quantitative estimate of drug-likeness (QED) is 0.532. The normalized spacial score (nSPS) is 20.1. The van der Waals surface area contributed by atoms with Gasteiger partial charge >= 0.3 is 0 Å². The summed E-state index contributed by atoms with van der Waals surface area (Å²) < 4.78 is 0. The zero-order valence-electron chi connectivity index (χ0n) is 11.1. The first-order valence-corrected chi connectivity index (χ1v) is 6.56.